The molecular weight excluding hydrogens is 272 g/mol. The predicted octanol–water partition coefficient (Wildman–Crippen LogP) is 2.24. The van der Waals surface area contributed by atoms with Gasteiger partial charge in [-0.05, 0) is 36.1 Å². The summed E-state index contributed by atoms with van der Waals surface area (Å²) < 4.78 is 26.3. The van der Waals surface area contributed by atoms with Crippen LogP contribution in [0.5, 0.6) is 0 Å². The van der Waals surface area contributed by atoms with E-state index < -0.39 is 10.0 Å². The van der Waals surface area contributed by atoms with Gasteiger partial charge in [0.25, 0.3) is 0 Å². The SMILES string of the molecule is CCCc1ccc(S(=O)(=O)N(C)CC(C)(C)CN)cc1. The van der Waals surface area contributed by atoms with Crippen molar-refractivity contribution >= 4 is 10.0 Å². The molecule has 0 aliphatic rings. The van der Waals surface area contributed by atoms with E-state index in [0.717, 1.165) is 18.4 Å². The average molecular weight is 298 g/mol. The highest BCUT2D eigenvalue weighted by Gasteiger charge is 2.26. The van der Waals surface area contributed by atoms with E-state index in [9.17, 15) is 8.42 Å². The third-order valence-electron chi connectivity index (χ3n) is 3.37. The number of nitrogens with zero attached hydrogens (tertiary/aromatic N) is 1. The summed E-state index contributed by atoms with van der Waals surface area (Å²) in [5.41, 5.74) is 6.60. The van der Waals surface area contributed by atoms with Crippen LogP contribution in [0.2, 0.25) is 0 Å². The van der Waals surface area contributed by atoms with Gasteiger partial charge >= 0.3 is 0 Å². The van der Waals surface area contributed by atoms with Crippen molar-refractivity contribution in [1.29, 1.82) is 0 Å². The Kier molecular flexibility index (Phi) is 5.74. The van der Waals surface area contributed by atoms with Gasteiger partial charge in [-0.25, -0.2) is 12.7 Å². The van der Waals surface area contributed by atoms with Gasteiger partial charge < -0.3 is 5.73 Å². The molecule has 1 aromatic rings. The summed E-state index contributed by atoms with van der Waals surface area (Å²) >= 11 is 0. The lowest BCUT2D eigenvalue weighted by molar-refractivity contribution is 0.292. The zero-order valence-electron chi connectivity index (χ0n) is 12.9. The van der Waals surface area contributed by atoms with Crippen LogP contribution in [-0.4, -0.2) is 32.9 Å². The van der Waals surface area contributed by atoms with E-state index in [0.29, 0.717) is 18.0 Å². The van der Waals surface area contributed by atoms with Crippen LogP contribution in [0.3, 0.4) is 0 Å². The minimum atomic E-state index is -3.44. The standard InChI is InChI=1S/C15H26N2O2S/c1-5-6-13-7-9-14(10-8-13)20(18,19)17(4)12-15(2,3)11-16/h7-10H,5-6,11-12,16H2,1-4H3. The molecule has 0 amide bonds. The Labute approximate surface area is 123 Å². The van der Waals surface area contributed by atoms with Crippen molar-refractivity contribution in [3.63, 3.8) is 0 Å². The van der Waals surface area contributed by atoms with Gasteiger partial charge in [-0.2, -0.15) is 0 Å². The fourth-order valence-corrected chi connectivity index (χ4v) is 3.41. The molecule has 4 nitrogen and oxygen atoms in total. The monoisotopic (exact) mass is 298 g/mol. The van der Waals surface area contributed by atoms with Crippen molar-refractivity contribution in [3.05, 3.63) is 29.8 Å². The topological polar surface area (TPSA) is 63.4 Å². The van der Waals surface area contributed by atoms with Crippen LogP contribution in [0.15, 0.2) is 29.2 Å². The van der Waals surface area contributed by atoms with Gasteiger partial charge in [-0.1, -0.05) is 39.3 Å². The number of sulfonamides is 1. The van der Waals surface area contributed by atoms with E-state index in [1.54, 1.807) is 19.2 Å². The van der Waals surface area contributed by atoms with Crippen molar-refractivity contribution in [1.82, 2.24) is 4.31 Å². The summed E-state index contributed by atoms with van der Waals surface area (Å²) in [6.07, 6.45) is 2.02. The van der Waals surface area contributed by atoms with E-state index in [1.807, 2.05) is 26.0 Å². The minimum absolute atomic E-state index is 0.232. The second-order valence-electron chi connectivity index (χ2n) is 6.02. The molecule has 0 aromatic heterocycles. The van der Waals surface area contributed by atoms with Crippen molar-refractivity contribution in [2.45, 2.75) is 38.5 Å². The first-order valence-corrected chi connectivity index (χ1v) is 8.42. The molecule has 0 atom stereocenters. The molecule has 0 unspecified atom stereocenters. The first-order chi connectivity index (χ1) is 9.23. The van der Waals surface area contributed by atoms with Gasteiger partial charge in [0.05, 0.1) is 4.90 Å². The fraction of sp³-hybridized carbons (Fsp3) is 0.600. The maximum atomic E-state index is 12.5. The lowest BCUT2D eigenvalue weighted by atomic mass is 9.94. The first kappa shape index (κ1) is 17.1. The molecule has 0 saturated heterocycles. The van der Waals surface area contributed by atoms with Crippen LogP contribution in [0.1, 0.15) is 32.8 Å². The number of benzene rings is 1. The Morgan fingerprint density at radius 1 is 1.20 bits per heavy atom. The third kappa shape index (κ3) is 4.30. The quantitative estimate of drug-likeness (QED) is 0.839. The van der Waals surface area contributed by atoms with Crippen LogP contribution in [0.25, 0.3) is 0 Å². The molecule has 0 spiro atoms. The molecule has 20 heavy (non-hydrogen) atoms. The van der Waals surface area contributed by atoms with E-state index >= 15 is 0 Å². The average Bonchev–Trinajstić information content (AvgIpc) is 2.39. The van der Waals surface area contributed by atoms with E-state index in [4.69, 9.17) is 5.73 Å². The maximum Gasteiger partial charge on any atom is 0.242 e. The van der Waals surface area contributed by atoms with Gasteiger partial charge in [0.2, 0.25) is 10.0 Å². The largest absolute Gasteiger partial charge is 0.330 e. The normalized spacial score (nSPS) is 12.9. The Hall–Kier alpha value is -0.910. The summed E-state index contributed by atoms with van der Waals surface area (Å²) in [6, 6.07) is 7.15. The lowest BCUT2D eigenvalue weighted by Crippen LogP contribution is -2.39. The van der Waals surface area contributed by atoms with E-state index in [-0.39, 0.29) is 5.41 Å². The zero-order valence-corrected chi connectivity index (χ0v) is 13.7. The summed E-state index contributed by atoms with van der Waals surface area (Å²) in [6.45, 7) is 6.88. The molecule has 0 heterocycles. The van der Waals surface area contributed by atoms with Gasteiger partial charge in [0, 0.05) is 13.6 Å². The molecule has 5 heteroatoms. The summed E-state index contributed by atoms with van der Waals surface area (Å²) in [7, 11) is -1.83. The van der Waals surface area contributed by atoms with Gasteiger partial charge in [-0.3, -0.25) is 0 Å². The van der Waals surface area contributed by atoms with Crippen LogP contribution in [0.4, 0.5) is 0 Å². The molecule has 0 bridgehead atoms. The molecule has 0 aliphatic carbocycles. The zero-order chi connectivity index (χ0) is 15.4. The van der Waals surface area contributed by atoms with Crippen molar-refractivity contribution in [2.24, 2.45) is 11.1 Å². The Morgan fingerprint density at radius 3 is 2.20 bits per heavy atom. The van der Waals surface area contributed by atoms with Crippen LogP contribution in [-0.2, 0) is 16.4 Å². The molecule has 0 aliphatic heterocycles. The second kappa shape index (κ2) is 6.70. The molecule has 2 N–H and O–H groups in total. The van der Waals surface area contributed by atoms with Gasteiger partial charge in [0.1, 0.15) is 0 Å². The molecule has 0 fully saturated rings. The molecule has 114 valence electrons. The minimum Gasteiger partial charge on any atom is -0.330 e. The number of aryl methyl sites for hydroxylation is 1. The van der Waals surface area contributed by atoms with E-state index in [2.05, 4.69) is 6.92 Å². The number of nitrogens with two attached hydrogens (primary N) is 1. The molecule has 1 aromatic carbocycles. The molecule has 1 rings (SSSR count). The van der Waals surface area contributed by atoms with Crippen molar-refractivity contribution in [3.8, 4) is 0 Å². The maximum absolute atomic E-state index is 12.5. The highest BCUT2D eigenvalue weighted by Crippen LogP contribution is 2.21. The van der Waals surface area contributed by atoms with Gasteiger partial charge in [0.15, 0.2) is 0 Å². The summed E-state index contributed by atoms with van der Waals surface area (Å²) in [5, 5.41) is 0. The lowest BCUT2D eigenvalue weighted by Gasteiger charge is -2.28. The molecular formula is C15H26N2O2S. The number of hydrogen-bond donors (Lipinski definition) is 1. The summed E-state index contributed by atoms with van der Waals surface area (Å²) in [4.78, 5) is 0.340. The highest BCUT2D eigenvalue weighted by atomic mass is 32.2. The fourth-order valence-electron chi connectivity index (χ4n) is 2.05. The van der Waals surface area contributed by atoms with Crippen LogP contribution < -0.4 is 5.73 Å². The van der Waals surface area contributed by atoms with Crippen molar-refractivity contribution < 1.29 is 8.42 Å². The smallest absolute Gasteiger partial charge is 0.242 e. The summed E-state index contributed by atoms with van der Waals surface area (Å²) in [5.74, 6) is 0. The third-order valence-corrected chi connectivity index (χ3v) is 5.19. The predicted molar refractivity (Wildman–Crippen MR) is 83.1 cm³/mol. The molecule has 0 saturated carbocycles. The Balaban J connectivity index is 2.92. The Morgan fingerprint density at radius 2 is 1.75 bits per heavy atom. The van der Waals surface area contributed by atoms with Crippen molar-refractivity contribution in [2.75, 3.05) is 20.1 Å². The first-order valence-electron chi connectivity index (χ1n) is 6.98. The van der Waals surface area contributed by atoms with Crippen LogP contribution in [0, 0.1) is 5.41 Å². The number of rotatable bonds is 7. The highest BCUT2D eigenvalue weighted by molar-refractivity contribution is 7.89. The number of hydrogen-bond acceptors (Lipinski definition) is 3. The second-order valence-corrected chi connectivity index (χ2v) is 8.07. The van der Waals surface area contributed by atoms with Crippen LogP contribution >= 0.6 is 0 Å². The molecule has 0 radical (unpaired) electrons. The van der Waals surface area contributed by atoms with Gasteiger partial charge in [-0.15, -0.1) is 0 Å². The van der Waals surface area contributed by atoms with E-state index in [1.165, 1.54) is 4.31 Å². The Bertz CT molecular complexity index is 521.